The number of hydrogen-bond acceptors (Lipinski definition) is 3. The number of aryl methyl sites for hydroxylation is 1. The van der Waals surface area contributed by atoms with Crippen LogP contribution in [0.2, 0.25) is 0 Å². The van der Waals surface area contributed by atoms with Crippen LogP contribution in [-0.4, -0.2) is 10.9 Å². The standard InChI is InChI=1S/C9H13NO2/c1-6-5-12-10-7(6)8(11)9(2,3)4/h5H,1-4H3. The van der Waals surface area contributed by atoms with Crippen LogP contribution < -0.4 is 0 Å². The normalized spacial score (nSPS) is 11.7. The Hall–Kier alpha value is -1.12. The molecule has 0 amide bonds. The smallest absolute Gasteiger partial charge is 0.190 e. The van der Waals surface area contributed by atoms with Crippen molar-refractivity contribution in [2.24, 2.45) is 5.41 Å². The van der Waals surface area contributed by atoms with Gasteiger partial charge in [-0.3, -0.25) is 4.79 Å². The molecule has 0 bridgehead atoms. The first-order chi connectivity index (χ1) is 5.43. The number of nitrogens with zero attached hydrogens (tertiary/aromatic N) is 1. The lowest BCUT2D eigenvalue weighted by atomic mass is 9.88. The predicted octanol–water partition coefficient (Wildman–Crippen LogP) is 2.21. The Morgan fingerprint density at radius 2 is 2.08 bits per heavy atom. The van der Waals surface area contributed by atoms with E-state index in [1.54, 1.807) is 0 Å². The molecule has 0 saturated heterocycles. The zero-order valence-corrected chi connectivity index (χ0v) is 7.84. The van der Waals surface area contributed by atoms with Crippen molar-refractivity contribution in [2.45, 2.75) is 27.7 Å². The van der Waals surface area contributed by atoms with Gasteiger partial charge in [-0.1, -0.05) is 25.9 Å². The Balaban J connectivity index is 3.01. The summed E-state index contributed by atoms with van der Waals surface area (Å²) in [7, 11) is 0. The van der Waals surface area contributed by atoms with Crippen LogP contribution in [0, 0.1) is 12.3 Å². The largest absolute Gasteiger partial charge is 0.364 e. The predicted molar refractivity (Wildman–Crippen MR) is 45.0 cm³/mol. The van der Waals surface area contributed by atoms with E-state index in [9.17, 15) is 4.79 Å². The number of aromatic nitrogens is 1. The summed E-state index contributed by atoms with van der Waals surface area (Å²) in [6.45, 7) is 7.41. The fourth-order valence-corrected chi connectivity index (χ4v) is 0.862. The van der Waals surface area contributed by atoms with Crippen LogP contribution in [0.1, 0.15) is 36.8 Å². The van der Waals surface area contributed by atoms with Crippen molar-refractivity contribution in [2.75, 3.05) is 0 Å². The zero-order chi connectivity index (χ0) is 9.35. The van der Waals surface area contributed by atoms with E-state index in [4.69, 9.17) is 4.52 Å². The molecule has 0 unspecified atom stereocenters. The highest BCUT2D eigenvalue weighted by Crippen LogP contribution is 2.21. The molecule has 0 aromatic carbocycles. The van der Waals surface area contributed by atoms with Crippen molar-refractivity contribution in [3.63, 3.8) is 0 Å². The number of rotatable bonds is 1. The lowest BCUT2D eigenvalue weighted by molar-refractivity contribution is 0.0848. The van der Waals surface area contributed by atoms with Gasteiger partial charge in [-0.05, 0) is 6.92 Å². The van der Waals surface area contributed by atoms with E-state index in [0.29, 0.717) is 5.69 Å². The second-order valence-corrected chi connectivity index (χ2v) is 3.93. The molecule has 1 aromatic heterocycles. The number of Topliss-reactive ketones (excluding diaryl/α,β-unsaturated/α-hetero) is 1. The first-order valence-corrected chi connectivity index (χ1v) is 3.88. The lowest BCUT2D eigenvalue weighted by Gasteiger charge is -2.14. The monoisotopic (exact) mass is 167 g/mol. The number of carbonyl (C=O) groups excluding carboxylic acids is 1. The highest BCUT2D eigenvalue weighted by molar-refractivity contribution is 5.99. The molecular weight excluding hydrogens is 154 g/mol. The molecule has 0 radical (unpaired) electrons. The second kappa shape index (κ2) is 2.73. The summed E-state index contributed by atoms with van der Waals surface area (Å²) in [5.74, 6) is 0.0220. The van der Waals surface area contributed by atoms with E-state index >= 15 is 0 Å². The Labute approximate surface area is 71.7 Å². The van der Waals surface area contributed by atoms with Gasteiger partial charge in [-0.25, -0.2) is 0 Å². The van der Waals surface area contributed by atoms with Gasteiger partial charge in [0.2, 0.25) is 0 Å². The third kappa shape index (κ3) is 1.55. The van der Waals surface area contributed by atoms with Crippen LogP contribution in [0.5, 0.6) is 0 Å². The number of ketones is 1. The van der Waals surface area contributed by atoms with Gasteiger partial charge in [0.05, 0.1) is 0 Å². The number of carbonyl (C=O) groups is 1. The van der Waals surface area contributed by atoms with Crippen LogP contribution in [0.3, 0.4) is 0 Å². The van der Waals surface area contributed by atoms with E-state index in [-0.39, 0.29) is 11.2 Å². The molecule has 0 saturated carbocycles. The van der Waals surface area contributed by atoms with E-state index in [2.05, 4.69) is 5.16 Å². The SMILES string of the molecule is Cc1conc1C(=O)C(C)(C)C. The average molecular weight is 167 g/mol. The Kier molecular flexibility index (Phi) is 2.04. The molecule has 0 aliphatic rings. The molecule has 66 valence electrons. The zero-order valence-electron chi connectivity index (χ0n) is 7.84. The maximum Gasteiger partial charge on any atom is 0.190 e. The first-order valence-electron chi connectivity index (χ1n) is 3.88. The van der Waals surface area contributed by atoms with E-state index < -0.39 is 0 Å². The fraction of sp³-hybridized carbons (Fsp3) is 0.556. The molecule has 0 atom stereocenters. The van der Waals surface area contributed by atoms with Crippen molar-refractivity contribution in [1.82, 2.24) is 5.16 Å². The number of hydrogen-bond donors (Lipinski definition) is 0. The maximum atomic E-state index is 11.6. The molecule has 0 spiro atoms. The van der Waals surface area contributed by atoms with E-state index in [1.807, 2.05) is 27.7 Å². The molecule has 0 aliphatic heterocycles. The molecular formula is C9H13NO2. The minimum absolute atomic E-state index is 0.0220. The van der Waals surface area contributed by atoms with Gasteiger partial charge in [-0.2, -0.15) is 0 Å². The van der Waals surface area contributed by atoms with Gasteiger partial charge in [0, 0.05) is 11.0 Å². The van der Waals surface area contributed by atoms with Crippen molar-refractivity contribution in [3.8, 4) is 0 Å². The van der Waals surface area contributed by atoms with Gasteiger partial charge >= 0.3 is 0 Å². The van der Waals surface area contributed by atoms with Crippen molar-refractivity contribution >= 4 is 5.78 Å². The molecule has 3 heteroatoms. The molecule has 12 heavy (non-hydrogen) atoms. The van der Waals surface area contributed by atoms with Crippen LogP contribution in [0.25, 0.3) is 0 Å². The maximum absolute atomic E-state index is 11.6. The minimum Gasteiger partial charge on any atom is -0.364 e. The summed E-state index contributed by atoms with van der Waals surface area (Å²) in [6, 6.07) is 0. The third-order valence-electron chi connectivity index (χ3n) is 1.64. The third-order valence-corrected chi connectivity index (χ3v) is 1.64. The van der Waals surface area contributed by atoms with Gasteiger partial charge in [0.1, 0.15) is 6.26 Å². The van der Waals surface area contributed by atoms with Crippen LogP contribution in [0.4, 0.5) is 0 Å². The summed E-state index contributed by atoms with van der Waals surface area (Å²) >= 11 is 0. The van der Waals surface area contributed by atoms with Gasteiger partial charge < -0.3 is 4.52 Å². The Morgan fingerprint density at radius 3 is 2.42 bits per heavy atom. The summed E-state index contributed by atoms with van der Waals surface area (Å²) < 4.78 is 4.69. The summed E-state index contributed by atoms with van der Waals surface area (Å²) in [4.78, 5) is 11.6. The molecule has 3 nitrogen and oxygen atoms in total. The molecule has 1 rings (SSSR count). The lowest BCUT2D eigenvalue weighted by Crippen LogP contribution is -2.21. The van der Waals surface area contributed by atoms with Gasteiger partial charge in [0.15, 0.2) is 11.5 Å². The quantitative estimate of drug-likeness (QED) is 0.602. The molecule has 1 heterocycles. The Morgan fingerprint density at radius 1 is 1.50 bits per heavy atom. The summed E-state index contributed by atoms with van der Waals surface area (Å²) in [5, 5.41) is 3.66. The van der Waals surface area contributed by atoms with Gasteiger partial charge in [0.25, 0.3) is 0 Å². The van der Waals surface area contributed by atoms with Crippen molar-refractivity contribution in [1.29, 1.82) is 0 Å². The van der Waals surface area contributed by atoms with Crippen LogP contribution in [0.15, 0.2) is 10.8 Å². The van der Waals surface area contributed by atoms with Crippen LogP contribution >= 0.6 is 0 Å². The molecule has 0 aliphatic carbocycles. The molecule has 0 fully saturated rings. The minimum atomic E-state index is -0.387. The van der Waals surface area contributed by atoms with Gasteiger partial charge in [-0.15, -0.1) is 0 Å². The first kappa shape index (κ1) is 8.97. The van der Waals surface area contributed by atoms with Crippen molar-refractivity contribution in [3.05, 3.63) is 17.5 Å². The highest BCUT2D eigenvalue weighted by Gasteiger charge is 2.26. The van der Waals surface area contributed by atoms with Crippen molar-refractivity contribution < 1.29 is 9.32 Å². The Bertz CT molecular complexity index is 294. The second-order valence-electron chi connectivity index (χ2n) is 3.93. The van der Waals surface area contributed by atoms with E-state index in [0.717, 1.165) is 5.56 Å². The molecule has 1 aromatic rings. The van der Waals surface area contributed by atoms with E-state index in [1.165, 1.54) is 6.26 Å². The fourth-order valence-electron chi connectivity index (χ4n) is 0.862. The topological polar surface area (TPSA) is 43.1 Å². The van der Waals surface area contributed by atoms with Crippen LogP contribution in [-0.2, 0) is 0 Å². The molecule has 0 N–H and O–H groups in total. The summed E-state index contributed by atoms with van der Waals surface area (Å²) in [6.07, 6.45) is 1.49. The average Bonchev–Trinajstić information content (AvgIpc) is 2.31. The summed E-state index contributed by atoms with van der Waals surface area (Å²) in [5.41, 5.74) is 0.860. The highest BCUT2D eigenvalue weighted by atomic mass is 16.5.